The van der Waals surface area contributed by atoms with Gasteiger partial charge < -0.3 is 24.8 Å². The second-order valence-electron chi connectivity index (χ2n) is 6.26. The molecule has 0 fully saturated rings. The Hall–Kier alpha value is -0.916. The molecule has 0 N–H and O–H groups in total. The molecule has 0 amide bonds. The van der Waals surface area contributed by atoms with Crippen molar-refractivity contribution < 1.29 is 43.5 Å². The number of rotatable bonds is 2. The number of benzene rings is 2. The molecular weight excluding hydrogens is 371 g/mol. The number of hydrogen-bond donors (Lipinski definition) is 0. The van der Waals surface area contributed by atoms with Crippen molar-refractivity contribution in [3.8, 4) is 11.1 Å². The Labute approximate surface area is 165 Å². The Balaban J connectivity index is 0.00000104. The Kier molecular flexibility index (Phi) is 6.45. The van der Waals surface area contributed by atoms with Gasteiger partial charge in [-0.15, -0.1) is 0 Å². The van der Waals surface area contributed by atoms with Gasteiger partial charge in [-0.05, 0) is 0 Å². The standard InChI is InChI=1S/C18H13.C3H6.2ClH.Ti/c1-2-7-13(6-1)15-10-5-11-17-16-9-4-3-8-14(16)12-18(15)17;1-3-2;;;/h1-6,8-12H,7H2;1-2H3;2*1H;/q;;;;+2/p-2. The number of halogens is 2. The van der Waals surface area contributed by atoms with Gasteiger partial charge in [0.05, 0.1) is 0 Å². The second kappa shape index (κ2) is 7.98. The molecule has 121 valence electrons. The molecule has 2 aromatic rings. The van der Waals surface area contributed by atoms with Gasteiger partial charge in [-0.3, -0.25) is 0 Å². The van der Waals surface area contributed by atoms with Gasteiger partial charge in [-0.1, -0.05) is 0 Å². The molecule has 2 aliphatic carbocycles. The van der Waals surface area contributed by atoms with Gasteiger partial charge in [0.15, 0.2) is 0 Å². The summed E-state index contributed by atoms with van der Waals surface area (Å²) in [4.78, 5) is 0. The summed E-state index contributed by atoms with van der Waals surface area (Å²) in [6.07, 6.45) is 7.82. The molecule has 0 heterocycles. The number of fused-ring (bicyclic) bond motifs is 3. The van der Waals surface area contributed by atoms with Gasteiger partial charge in [0.25, 0.3) is 0 Å². The predicted molar refractivity (Wildman–Crippen MR) is 91.8 cm³/mol. The van der Waals surface area contributed by atoms with Crippen LogP contribution in [-0.2, 0) is 18.7 Å². The first kappa shape index (κ1) is 19.4. The number of allylic oxidation sites excluding steroid dienone is 4. The minimum atomic E-state index is -0.133. The third-order valence-corrected chi connectivity index (χ3v) is 6.80. The van der Waals surface area contributed by atoms with Gasteiger partial charge >= 0.3 is 141 Å². The van der Waals surface area contributed by atoms with Crippen LogP contribution in [-0.4, -0.2) is 3.81 Å². The van der Waals surface area contributed by atoms with Crippen LogP contribution in [0.25, 0.3) is 16.7 Å². The van der Waals surface area contributed by atoms with Crippen LogP contribution in [0, 0.1) is 0 Å². The average molecular weight is 390 g/mol. The molecule has 0 spiro atoms. The van der Waals surface area contributed by atoms with E-state index in [-0.39, 0.29) is 43.5 Å². The van der Waals surface area contributed by atoms with Crippen LogP contribution >= 0.6 is 0 Å². The molecule has 2 aliphatic rings. The molecule has 0 radical (unpaired) electrons. The Morgan fingerprint density at radius 2 is 1.62 bits per heavy atom. The zero-order valence-corrected chi connectivity index (χ0v) is 16.9. The van der Waals surface area contributed by atoms with E-state index in [1.54, 1.807) is 14.9 Å². The molecule has 0 nitrogen and oxygen atoms in total. The summed E-state index contributed by atoms with van der Waals surface area (Å²) in [7, 11) is 0. The zero-order chi connectivity index (χ0) is 15.1. The van der Waals surface area contributed by atoms with Crippen molar-refractivity contribution >= 4 is 9.38 Å². The fourth-order valence-electron chi connectivity index (χ4n) is 3.63. The molecule has 0 aromatic heterocycles. The summed E-state index contributed by atoms with van der Waals surface area (Å²) >= 11 is -0.133. The van der Waals surface area contributed by atoms with Gasteiger partial charge in [-0.2, -0.15) is 0 Å². The smallest absolute Gasteiger partial charge is 1.00 e. The van der Waals surface area contributed by atoms with Gasteiger partial charge in [0.1, 0.15) is 0 Å². The van der Waals surface area contributed by atoms with Crippen molar-refractivity contribution in [2.24, 2.45) is 0 Å². The van der Waals surface area contributed by atoms with Crippen molar-refractivity contribution in [3.05, 3.63) is 77.4 Å². The van der Waals surface area contributed by atoms with Crippen molar-refractivity contribution in [3.63, 3.8) is 0 Å². The minimum Gasteiger partial charge on any atom is -1.00 e. The van der Waals surface area contributed by atoms with Crippen LogP contribution < -0.4 is 24.8 Å². The van der Waals surface area contributed by atoms with E-state index in [1.807, 2.05) is 0 Å². The van der Waals surface area contributed by atoms with E-state index in [2.05, 4.69) is 74.5 Å². The van der Waals surface area contributed by atoms with Gasteiger partial charge in [0.2, 0.25) is 0 Å². The molecule has 0 bridgehead atoms. The summed E-state index contributed by atoms with van der Waals surface area (Å²) in [5.41, 5.74) is 9.04. The van der Waals surface area contributed by atoms with E-state index in [0.717, 1.165) is 6.42 Å². The summed E-state index contributed by atoms with van der Waals surface area (Å²) < 4.78 is 2.26. The normalized spacial score (nSPS) is 16.2. The van der Waals surface area contributed by atoms with Crippen molar-refractivity contribution in [1.82, 2.24) is 0 Å². The summed E-state index contributed by atoms with van der Waals surface area (Å²) in [5.74, 6) is 0. The van der Waals surface area contributed by atoms with E-state index >= 15 is 0 Å². The zero-order valence-electron chi connectivity index (χ0n) is 13.8. The molecular formula is C21H19Cl2Ti. The van der Waals surface area contributed by atoms with Crippen LogP contribution in [0.4, 0.5) is 0 Å². The fraction of sp³-hybridized carbons (Fsp3) is 0.190. The molecule has 4 rings (SSSR count). The van der Waals surface area contributed by atoms with Crippen LogP contribution in [0.5, 0.6) is 0 Å². The number of hydrogen-bond acceptors (Lipinski definition) is 0. The maximum absolute atomic E-state index is 2.34. The van der Waals surface area contributed by atoms with Gasteiger partial charge in [-0.25, -0.2) is 0 Å². The summed E-state index contributed by atoms with van der Waals surface area (Å²) in [5, 5.41) is 0. The molecule has 2 aromatic carbocycles. The third-order valence-electron chi connectivity index (χ3n) is 4.51. The third kappa shape index (κ3) is 3.26. The SMILES string of the molecule is C[C](C)=[Ti+2][CH]1c2ccccc2-c2cccc(C3=CC=CC3)c21.[Cl-].[Cl-]. The first-order chi connectivity index (χ1) is 10.8. The van der Waals surface area contributed by atoms with Crippen molar-refractivity contribution in [2.75, 3.05) is 0 Å². The Morgan fingerprint density at radius 3 is 2.33 bits per heavy atom. The van der Waals surface area contributed by atoms with Crippen LogP contribution in [0.1, 0.15) is 41.2 Å². The minimum absolute atomic E-state index is 0. The summed E-state index contributed by atoms with van der Waals surface area (Å²) in [6, 6.07) is 15.9. The summed E-state index contributed by atoms with van der Waals surface area (Å²) in [6.45, 7) is 4.61. The topological polar surface area (TPSA) is 0 Å². The molecule has 1 unspecified atom stereocenters. The van der Waals surface area contributed by atoms with E-state index in [9.17, 15) is 0 Å². The maximum Gasteiger partial charge on any atom is -1.00 e. The fourth-order valence-corrected chi connectivity index (χ4v) is 5.87. The van der Waals surface area contributed by atoms with E-state index in [4.69, 9.17) is 0 Å². The first-order valence-electron chi connectivity index (χ1n) is 7.90. The van der Waals surface area contributed by atoms with Crippen molar-refractivity contribution in [2.45, 2.75) is 24.5 Å². The molecule has 0 saturated heterocycles. The van der Waals surface area contributed by atoms with E-state index < -0.39 is 0 Å². The van der Waals surface area contributed by atoms with Crippen LogP contribution in [0.15, 0.2) is 60.7 Å². The molecule has 24 heavy (non-hydrogen) atoms. The van der Waals surface area contributed by atoms with Crippen molar-refractivity contribution in [1.29, 1.82) is 0 Å². The van der Waals surface area contributed by atoms with E-state index in [1.165, 1.54) is 22.3 Å². The van der Waals surface area contributed by atoms with Crippen LogP contribution in [0.2, 0.25) is 0 Å². The molecule has 3 heteroatoms. The Bertz CT molecular complexity index is 843. The Morgan fingerprint density at radius 1 is 0.917 bits per heavy atom. The second-order valence-corrected chi connectivity index (χ2v) is 9.17. The maximum atomic E-state index is 2.34. The predicted octanol–water partition coefficient (Wildman–Crippen LogP) is -0.598. The van der Waals surface area contributed by atoms with Gasteiger partial charge in [0, 0.05) is 0 Å². The first-order valence-corrected chi connectivity index (χ1v) is 9.59. The van der Waals surface area contributed by atoms with Crippen LogP contribution in [0.3, 0.4) is 0 Å². The average Bonchev–Trinajstić information content (AvgIpc) is 3.15. The molecule has 0 saturated carbocycles. The molecule has 0 aliphatic heterocycles. The monoisotopic (exact) mass is 389 g/mol. The quantitative estimate of drug-likeness (QED) is 0.602. The van der Waals surface area contributed by atoms with E-state index in [0.29, 0.717) is 4.22 Å². The largest absolute Gasteiger partial charge is 1.00 e. The molecule has 1 atom stereocenters.